The second kappa shape index (κ2) is 6.13. The van der Waals surface area contributed by atoms with Crippen LogP contribution in [-0.2, 0) is 33.1 Å². The smallest absolute Gasteiger partial charge is 0.218 e. The van der Waals surface area contributed by atoms with E-state index in [0.717, 1.165) is 11.1 Å². The second-order valence-corrected chi connectivity index (χ2v) is 8.19. The van der Waals surface area contributed by atoms with E-state index in [1.54, 1.807) is 12.1 Å². The molecule has 2 N–H and O–H groups in total. The predicted octanol–water partition coefficient (Wildman–Crippen LogP) is 0.0394. The van der Waals surface area contributed by atoms with Crippen molar-refractivity contribution in [1.82, 2.24) is 4.31 Å². The van der Waals surface area contributed by atoms with Gasteiger partial charge in [-0.05, 0) is 11.1 Å². The Morgan fingerprint density at radius 2 is 1.63 bits per heavy atom. The molecule has 1 aliphatic rings. The number of rotatable bonds is 4. The lowest BCUT2D eigenvalue weighted by Crippen LogP contribution is -2.42. The molecule has 1 aromatic carbocycles. The van der Waals surface area contributed by atoms with Crippen molar-refractivity contribution in [2.75, 3.05) is 24.6 Å². The SMILES string of the molecule is NCc1ccc(CS(=O)(=O)N2CCS(=O)CC2)cc1. The standard InChI is InChI=1S/C12H18N2O3S2/c13-9-11-1-3-12(4-2-11)10-19(16,17)14-5-7-18(15)8-6-14/h1-4H,5-10,13H2. The van der Waals surface area contributed by atoms with Crippen LogP contribution in [0.5, 0.6) is 0 Å². The first-order valence-electron chi connectivity index (χ1n) is 6.12. The van der Waals surface area contributed by atoms with E-state index in [1.807, 2.05) is 12.1 Å². The Hall–Kier alpha value is -0.760. The van der Waals surface area contributed by atoms with Crippen LogP contribution in [0.25, 0.3) is 0 Å². The summed E-state index contributed by atoms with van der Waals surface area (Å²) in [5.74, 6) is 0.862. The molecule has 0 aromatic heterocycles. The Labute approximate surface area is 116 Å². The van der Waals surface area contributed by atoms with Crippen LogP contribution in [0.15, 0.2) is 24.3 Å². The summed E-state index contributed by atoms with van der Waals surface area (Å²) < 4.78 is 37.1. The Bertz CT molecular complexity index is 545. The number of sulfonamides is 1. The molecule has 1 aromatic rings. The second-order valence-electron chi connectivity index (χ2n) is 4.52. The van der Waals surface area contributed by atoms with Gasteiger partial charge in [0.05, 0.1) is 5.75 Å². The quantitative estimate of drug-likeness (QED) is 0.851. The third-order valence-electron chi connectivity index (χ3n) is 3.14. The summed E-state index contributed by atoms with van der Waals surface area (Å²) in [6.07, 6.45) is 0. The van der Waals surface area contributed by atoms with E-state index >= 15 is 0 Å². The molecule has 2 rings (SSSR count). The zero-order valence-electron chi connectivity index (χ0n) is 10.6. The lowest BCUT2D eigenvalue weighted by atomic mass is 10.1. The van der Waals surface area contributed by atoms with Crippen molar-refractivity contribution in [3.05, 3.63) is 35.4 Å². The van der Waals surface area contributed by atoms with Crippen LogP contribution in [-0.4, -0.2) is 41.5 Å². The first-order valence-corrected chi connectivity index (χ1v) is 9.21. The maximum absolute atomic E-state index is 12.2. The van der Waals surface area contributed by atoms with Crippen molar-refractivity contribution in [1.29, 1.82) is 0 Å². The third kappa shape index (κ3) is 3.85. The molecule has 0 spiro atoms. The Kier molecular flexibility index (Phi) is 4.72. The van der Waals surface area contributed by atoms with Crippen LogP contribution >= 0.6 is 0 Å². The van der Waals surface area contributed by atoms with Gasteiger partial charge in [0.15, 0.2) is 0 Å². The van der Waals surface area contributed by atoms with Gasteiger partial charge in [0, 0.05) is 41.9 Å². The number of nitrogens with two attached hydrogens (primary N) is 1. The predicted molar refractivity (Wildman–Crippen MR) is 76.4 cm³/mol. The lowest BCUT2D eigenvalue weighted by Gasteiger charge is -2.25. The van der Waals surface area contributed by atoms with E-state index in [1.165, 1.54) is 4.31 Å². The minimum atomic E-state index is -3.31. The van der Waals surface area contributed by atoms with Crippen LogP contribution in [0.3, 0.4) is 0 Å². The Balaban J connectivity index is 2.05. The molecule has 1 aliphatic heterocycles. The zero-order chi connectivity index (χ0) is 13.9. The van der Waals surface area contributed by atoms with E-state index in [2.05, 4.69) is 0 Å². The van der Waals surface area contributed by atoms with Gasteiger partial charge in [0.25, 0.3) is 0 Å². The minimum Gasteiger partial charge on any atom is -0.326 e. The normalized spacial score (nSPS) is 18.6. The lowest BCUT2D eigenvalue weighted by molar-refractivity contribution is 0.438. The van der Waals surface area contributed by atoms with Crippen molar-refractivity contribution in [2.45, 2.75) is 12.3 Å². The Morgan fingerprint density at radius 1 is 1.11 bits per heavy atom. The van der Waals surface area contributed by atoms with Gasteiger partial charge >= 0.3 is 0 Å². The van der Waals surface area contributed by atoms with Gasteiger partial charge in [0.1, 0.15) is 0 Å². The monoisotopic (exact) mass is 302 g/mol. The van der Waals surface area contributed by atoms with Crippen LogP contribution in [0.2, 0.25) is 0 Å². The van der Waals surface area contributed by atoms with Crippen molar-refractivity contribution < 1.29 is 12.6 Å². The molecular weight excluding hydrogens is 284 g/mol. The van der Waals surface area contributed by atoms with Crippen molar-refractivity contribution in [3.8, 4) is 0 Å². The highest BCUT2D eigenvalue weighted by Gasteiger charge is 2.26. The fraction of sp³-hybridized carbons (Fsp3) is 0.500. The maximum Gasteiger partial charge on any atom is 0.218 e. The van der Waals surface area contributed by atoms with Gasteiger partial charge < -0.3 is 5.73 Å². The molecule has 0 amide bonds. The summed E-state index contributed by atoms with van der Waals surface area (Å²) in [6, 6.07) is 7.27. The highest BCUT2D eigenvalue weighted by atomic mass is 32.2. The summed E-state index contributed by atoms with van der Waals surface area (Å²) in [6.45, 7) is 1.16. The Morgan fingerprint density at radius 3 is 2.16 bits per heavy atom. The highest BCUT2D eigenvalue weighted by Crippen LogP contribution is 2.14. The van der Waals surface area contributed by atoms with Crippen LogP contribution in [0.4, 0.5) is 0 Å². The highest BCUT2D eigenvalue weighted by molar-refractivity contribution is 7.88. The molecule has 0 saturated carbocycles. The fourth-order valence-electron chi connectivity index (χ4n) is 1.97. The molecule has 5 nitrogen and oxygen atoms in total. The molecule has 1 heterocycles. The first kappa shape index (κ1) is 14.6. The van der Waals surface area contributed by atoms with Gasteiger partial charge in [0.2, 0.25) is 10.0 Å². The minimum absolute atomic E-state index is 0.00944. The van der Waals surface area contributed by atoms with Gasteiger partial charge in [-0.15, -0.1) is 0 Å². The van der Waals surface area contributed by atoms with E-state index in [9.17, 15) is 12.6 Å². The molecule has 0 bridgehead atoms. The van der Waals surface area contributed by atoms with Crippen molar-refractivity contribution in [2.24, 2.45) is 5.73 Å². The summed E-state index contributed by atoms with van der Waals surface area (Å²) in [7, 11) is -4.18. The summed E-state index contributed by atoms with van der Waals surface area (Å²) >= 11 is 0. The van der Waals surface area contributed by atoms with Gasteiger partial charge in [-0.2, -0.15) is 4.31 Å². The average molecular weight is 302 g/mol. The van der Waals surface area contributed by atoms with Crippen LogP contribution < -0.4 is 5.73 Å². The van der Waals surface area contributed by atoms with Crippen molar-refractivity contribution in [3.63, 3.8) is 0 Å². The number of hydrogen-bond acceptors (Lipinski definition) is 4. The van der Waals surface area contributed by atoms with E-state index in [0.29, 0.717) is 31.1 Å². The molecular formula is C12H18N2O3S2. The van der Waals surface area contributed by atoms with Crippen LogP contribution in [0, 0.1) is 0 Å². The molecule has 0 aliphatic carbocycles. The molecule has 106 valence electrons. The number of hydrogen-bond donors (Lipinski definition) is 1. The number of benzene rings is 1. The van der Waals surface area contributed by atoms with Gasteiger partial charge in [-0.1, -0.05) is 24.3 Å². The van der Waals surface area contributed by atoms with Gasteiger partial charge in [-0.25, -0.2) is 8.42 Å². The topological polar surface area (TPSA) is 80.5 Å². The van der Waals surface area contributed by atoms with E-state index in [-0.39, 0.29) is 5.75 Å². The summed E-state index contributed by atoms with van der Waals surface area (Å²) in [5.41, 5.74) is 7.24. The first-order chi connectivity index (χ1) is 9.01. The molecule has 19 heavy (non-hydrogen) atoms. The molecule has 7 heteroatoms. The van der Waals surface area contributed by atoms with E-state index in [4.69, 9.17) is 5.73 Å². The fourth-order valence-corrected chi connectivity index (χ4v) is 4.79. The summed E-state index contributed by atoms with van der Waals surface area (Å²) in [4.78, 5) is 0. The average Bonchev–Trinajstić information content (AvgIpc) is 2.40. The van der Waals surface area contributed by atoms with E-state index < -0.39 is 20.8 Å². The summed E-state index contributed by atoms with van der Waals surface area (Å²) in [5, 5.41) is 0. The molecule has 0 atom stereocenters. The molecule has 0 radical (unpaired) electrons. The molecule has 1 saturated heterocycles. The molecule has 0 unspecified atom stereocenters. The third-order valence-corrected chi connectivity index (χ3v) is 6.26. The maximum atomic E-state index is 12.2. The zero-order valence-corrected chi connectivity index (χ0v) is 12.3. The molecule has 1 fully saturated rings. The van der Waals surface area contributed by atoms with Crippen molar-refractivity contribution >= 4 is 20.8 Å². The van der Waals surface area contributed by atoms with Gasteiger partial charge in [-0.3, -0.25) is 4.21 Å². The largest absolute Gasteiger partial charge is 0.326 e. The number of nitrogens with zero attached hydrogens (tertiary/aromatic N) is 1. The van der Waals surface area contributed by atoms with Crippen LogP contribution in [0.1, 0.15) is 11.1 Å².